The number of hydrazone groups is 1. The highest BCUT2D eigenvalue weighted by Gasteiger charge is 2.29. The van der Waals surface area contributed by atoms with Crippen LogP contribution in [0.4, 0.5) is 5.69 Å². The van der Waals surface area contributed by atoms with Gasteiger partial charge in [0, 0.05) is 28.3 Å². The zero-order chi connectivity index (χ0) is 17.2. The molecule has 0 radical (unpaired) electrons. The summed E-state index contributed by atoms with van der Waals surface area (Å²) >= 11 is 3.52. The number of hydrogen-bond donors (Lipinski definition) is 0. The molecule has 1 atom stereocenters. The van der Waals surface area contributed by atoms with Crippen molar-refractivity contribution in [1.82, 2.24) is 4.98 Å². The van der Waals surface area contributed by atoms with E-state index in [-0.39, 0.29) is 6.04 Å². The lowest BCUT2D eigenvalue weighted by atomic mass is 9.99. The first kappa shape index (κ1) is 16.0. The van der Waals surface area contributed by atoms with Crippen molar-refractivity contribution in [2.45, 2.75) is 19.4 Å². The van der Waals surface area contributed by atoms with E-state index < -0.39 is 0 Å². The van der Waals surface area contributed by atoms with Gasteiger partial charge in [0.2, 0.25) is 0 Å². The lowest BCUT2D eigenvalue weighted by Gasteiger charge is -2.24. The number of rotatable bonds is 3. The third-order valence-electron chi connectivity index (χ3n) is 4.43. The summed E-state index contributed by atoms with van der Waals surface area (Å²) in [7, 11) is 0. The molecule has 0 spiro atoms. The molecule has 25 heavy (non-hydrogen) atoms. The van der Waals surface area contributed by atoms with Crippen LogP contribution < -0.4 is 5.01 Å². The van der Waals surface area contributed by atoms with Crippen LogP contribution >= 0.6 is 15.9 Å². The summed E-state index contributed by atoms with van der Waals surface area (Å²) in [6, 6.07) is 23.2. The Bertz CT molecular complexity index is 887. The Morgan fingerprint density at radius 3 is 2.40 bits per heavy atom. The Morgan fingerprint density at radius 2 is 1.72 bits per heavy atom. The summed E-state index contributed by atoms with van der Waals surface area (Å²) in [6.07, 6.45) is 2.78. The Labute approximate surface area is 156 Å². The minimum Gasteiger partial charge on any atom is -0.261 e. The zero-order valence-corrected chi connectivity index (χ0v) is 15.5. The topological polar surface area (TPSA) is 28.5 Å². The smallest absolute Gasteiger partial charge is 0.0831 e. The van der Waals surface area contributed by atoms with Crippen LogP contribution in [0, 0.1) is 6.92 Å². The molecular formula is C21H18BrN3. The fourth-order valence-electron chi connectivity index (χ4n) is 3.09. The molecule has 124 valence electrons. The van der Waals surface area contributed by atoms with Crippen LogP contribution in [-0.4, -0.2) is 10.7 Å². The molecule has 0 N–H and O–H groups in total. The van der Waals surface area contributed by atoms with E-state index >= 15 is 0 Å². The van der Waals surface area contributed by atoms with E-state index in [1.807, 2.05) is 25.3 Å². The van der Waals surface area contributed by atoms with Gasteiger partial charge >= 0.3 is 0 Å². The standard InChI is InChI=1S/C21H18BrN3/c1-15-7-8-17(14-23-15)20-13-21(16-9-11-18(22)12-10-16)25(24-20)19-5-3-2-4-6-19/h2-12,14,21H,13H2,1H3. The van der Waals surface area contributed by atoms with Crippen LogP contribution in [0.5, 0.6) is 0 Å². The van der Waals surface area contributed by atoms with Crippen LogP contribution in [0.1, 0.15) is 29.3 Å². The summed E-state index contributed by atoms with van der Waals surface area (Å²) < 4.78 is 1.09. The fourth-order valence-corrected chi connectivity index (χ4v) is 3.35. The highest BCUT2D eigenvalue weighted by molar-refractivity contribution is 9.10. The molecule has 2 heterocycles. The van der Waals surface area contributed by atoms with Gasteiger partial charge in [0.05, 0.1) is 17.4 Å². The minimum absolute atomic E-state index is 0.187. The maximum absolute atomic E-state index is 4.94. The second-order valence-electron chi connectivity index (χ2n) is 6.19. The van der Waals surface area contributed by atoms with Crippen molar-refractivity contribution < 1.29 is 0 Å². The van der Waals surface area contributed by atoms with Crippen LogP contribution in [0.2, 0.25) is 0 Å². The van der Waals surface area contributed by atoms with E-state index in [1.54, 1.807) is 0 Å². The third-order valence-corrected chi connectivity index (χ3v) is 4.96. The maximum atomic E-state index is 4.94. The molecule has 4 rings (SSSR count). The van der Waals surface area contributed by atoms with Gasteiger partial charge in [-0.1, -0.05) is 46.3 Å². The van der Waals surface area contributed by atoms with Crippen molar-refractivity contribution in [2.75, 3.05) is 5.01 Å². The van der Waals surface area contributed by atoms with E-state index in [0.717, 1.165) is 33.5 Å². The molecule has 1 aromatic heterocycles. The summed E-state index contributed by atoms with van der Waals surface area (Å²) in [4.78, 5) is 4.43. The second-order valence-corrected chi connectivity index (χ2v) is 7.10. The van der Waals surface area contributed by atoms with Crippen molar-refractivity contribution in [2.24, 2.45) is 5.10 Å². The number of nitrogens with zero attached hydrogens (tertiary/aromatic N) is 3. The van der Waals surface area contributed by atoms with Crippen molar-refractivity contribution in [1.29, 1.82) is 0 Å². The molecular weight excluding hydrogens is 374 g/mol. The molecule has 1 unspecified atom stereocenters. The molecule has 3 nitrogen and oxygen atoms in total. The molecule has 0 saturated heterocycles. The number of pyridine rings is 1. The van der Waals surface area contributed by atoms with Gasteiger partial charge in [0.15, 0.2) is 0 Å². The average Bonchev–Trinajstić information content (AvgIpc) is 3.09. The first-order valence-electron chi connectivity index (χ1n) is 8.31. The van der Waals surface area contributed by atoms with Crippen molar-refractivity contribution >= 4 is 27.3 Å². The molecule has 0 aliphatic carbocycles. The number of aromatic nitrogens is 1. The number of aryl methyl sites for hydroxylation is 1. The summed E-state index contributed by atoms with van der Waals surface area (Å²) in [6.45, 7) is 2.00. The Kier molecular flexibility index (Phi) is 4.36. The largest absolute Gasteiger partial charge is 0.261 e. The molecule has 4 heteroatoms. The predicted molar refractivity (Wildman–Crippen MR) is 106 cm³/mol. The molecule has 1 aliphatic rings. The van der Waals surface area contributed by atoms with Gasteiger partial charge in [-0.3, -0.25) is 9.99 Å². The lowest BCUT2D eigenvalue weighted by Crippen LogP contribution is -2.18. The molecule has 3 aromatic rings. The third kappa shape index (κ3) is 3.35. The van der Waals surface area contributed by atoms with Gasteiger partial charge in [0.1, 0.15) is 0 Å². The van der Waals surface area contributed by atoms with Crippen molar-refractivity contribution in [3.05, 3.63) is 94.2 Å². The molecule has 0 bridgehead atoms. The molecule has 0 amide bonds. The second kappa shape index (κ2) is 6.81. The Hall–Kier alpha value is -2.46. The van der Waals surface area contributed by atoms with Gasteiger partial charge in [-0.2, -0.15) is 5.10 Å². The van der Waals surface area contributed by atoms with Crippen LogP contribution in [-0.2, 0) is 0 Å². The fraction of sp³-hybridized carbons (Fsp3) is 0.143. The summed E-state index contributed by atoms with van der Waals surface area (Å²) in [5, 5.41) is 7.06. The molecule has 0 fully saturated rings. The van der Waals surface area contributed by atoms with E-state index in [0.29, 0.717) is 0 Å². The zero-order valence-electron chi connectivity index (χ0n) is 13.9. The van der Waals surface area contributed by atoms with E-state index in [4.69, 9.17) is 5.10 Å². The van der Waals surface area contributed by atoms with Gasteiger partial charge in [-0.05, 0) is 48.9 Å². The molecule has 1 aliphatic heterocycles. The maximum Gasteiger partial charge on any atom is 0.0831 e. The van der Waals surface area contributed by atoms with Crippen molar-refractivity contribution in [3.8, 4) is 0 Å². The van der Waals surface area contributed by atoms with Crippen LogP contribution in [0.25, 0.3) is 0 Å². The first-order valence-corrected chi connectivity index (χ1v) is 9.10. The lowest BCUT2D eigenvalue weighted by molar-refractivity contribution is 0.709. The van der Waals surface area contributed by atoms with Crippen LogP contribution in [0.3, 0.4) is 0 Å². The summed E-state index contributed by atoms with van der Waals surface area (Å²) in [5.41, 5.74) is 5.54. The number of benzene rings is 2. The van der Waals surface area contributed by atoms with Gasteiger partial charge in [-0.15, -0.1) is 0 Å². The Balaban J connectivity index is 1.73. The number of halogens is 1. The number of para-hydroxylation sites is 1. The normalized spacial score (nSPS) is 16.8. The Morgan fingerprint density at radius 1 is 0.960 bits per heavy atom. The van der Waals surface area contributed by atoms with E-state index in [9.17, 15) is 0 Å². The van der Waals surface area contributed by atoms with Crippen molar-refractivity contribution in [3.63, 3.8) is 0 Å². The molecule has 0 saturated carbocycles. The minimum atomic E-state index is 0.187. The summed E-state index contributed by atoms with van der Waals surface area (Å²) in [5.74, 6) is 0. The monoisotopic (exact) mass is 391 g/mol. The first-order chi connectivity index (χ1) is 12.2. The average molecular weight is 392 g/mol. The SMILES string of the molecule is Cc1ccc(C2=NN(c3ccccc3)C(c3ccc(Br)cc3)C2)cn1. The number of anilines is 1. The number of hydrogen-bond acceptors (Lipinski definition) is 3. The highest BCUT2D eigenvalue weighted by Crippen LogP contribution is 2.36. The predicted octanol–water partition coefficient (Wildman–Crippen LogP) is 5.51. The molecule has 2 aromatic carbocycles. The van der Waals surface area contributed by atoms with Crippen LogP contribution in [0.15, 0.2) is 82.5 Å². The van der Waals surface area contributed by atoms with E-state index in [2.05, 4.69) is 80.5 Å². The quantitative estimate of drug-likeness (QED) is 0.588. The van der Waals surface area contributed by atoms with Gasteiger partial charge in [0.25, 0.3) is 0 Å². The van der Waals surface area contributed by atoms with Gasteiger partial charge < -0.3 is 0 Å². The highest BCUT2D eigenvalue weighted by atomic mass is 79.9. The van der Waals surface area contributed by atoms with Gasteiger partial charge in [-0.25, -0.2) is 0 Å². The van der Waals surface area contributed by atoms with E-state index in [1.165, 1.54) is 5.56 Å².